The summed E-state index contributed by atoms with van der Waals surface area (Å²) in [7, 11) is 0. The summed E-state index contributed by atoms with van der Waals surface area (Å²) < 4.78 is 44.5. The molecule has 0 amide bonds. The number of pyridine rings is 1. The summed E-state index contributed by atoms with van der Waals surface area (Å²) in [5.41, 5.74) is 0.788. The summed E-state index contributed by atoms with van der Waals surface area (Å²) >= 11 is 0. The van der Waals surface area contributed by atoms with Crippen molar-refractivity contribution >= 4 is 5.97 Å². The smallest absolute Gasteiger partial charge is 0.416 e. The van der Waals surface area contributed by atoms with Crippen LogP contribution in [-0.4, -0.2) is 12.6 Å². The van der Waals surface area contributed by atoms with Gasteiger partial charge < -0.3 is 4.74 Å². The maximum absolute atomic E-state index is 12.6. The molecule has 0 N–H and O–H groups in total. The molecule has 0 aliphatic carbocycles. The summed E-state index contributed by atoms with van der Waals surface area (Å²) in [6.07, 6.45) is -2.44. The summed E-state index contributed by atoms with van der Waals surface area (Å²) in [5, 5.41) is 0. The molecule has 1 heterocycles. The molecule has 0 radical (unpaired) electrons. The summed E-state index contributed by atoms with van der Waals surface area (Å²) in [4.78, 5) is 11.6. The van der Waals surface area contributed by atoms with Gasteiger partial charge in [0, 0.05) is 17.7 Å². The normalized spacial score (nSPS) is 11.3. The zero-order chi connectivity index (χ0) is 16.9. The first kappa shape index (κ1) is 17.0. The molecule has 2 rings (SSSR count). The third kappa shape index (κ3) is 4.81. The highest BCUT2D eigenvalue weighted by atomic mass is 19.4. The minimum Gasteiger partial charge on any atom is -0.466 e. The van der Waals surface area contributed by atoms with E-state index in [9.17, 15) is 18.0 Å². The Morgan fingerprint density at radius 3 is 2.43 bits per heavy atom. The molecule has 1 aromatic carbocycles. The molecule has 0 saturated heterocycles. The third-order valence-electron chi connectivity index (χ3n) is 3.30. The average Bonchev–Trinajstić information content (AvgIpc) is 2.49. The van der Waals surface area contributed by atoms with Crippen molar-refractivity contribution in [2.24, 2.45) is 0 Å². The van der Waals surface area contributed by atoms with Crippen molar-refractivity contribution in [3.63, 3.8) is 0 Å². The van der Waals surface area contributed by atoms with E-state index < -0.39 is 11.7 Å². The number of nitrogens with zero attached hydrogens (tertiary/aromatic N) is 1. The first-order chi connectivity index (χ1) is 10.9. The van der Waals surface area contributed by atoms with Gasteiger partial charge in [0.1, 0.15) is 6.42 Å². The van der Waals surface area contributed by atoms with Crippen LogP contribution >= 0.6 is 0 Å². The van der Waals surface area contributed by atoms with E-state index in [0.29, 0.717) is 13.2 Å². The topological polar surface area (TPSA) is 30.2 Å². The van der Waals surface area contributed by atoms with Crippen LogP contribution in [-0.2, 0) is 28.7 Å². The van der Waals surface area contributed by atoms with Gasteiger partial charge in [-0.15, -0.1) is 0 Å². The maximum Gasteiger partial charge on any atom is 0.416 e. The van der Waals surface area contributed by atoms with Gasteiger partial charge in [0.2, 0.25) is 0 Å². The highest BCUT2D eigenvalue weighted by Crippen LogP contribution is 2.29. The van der Waals surface area contributed by atoms with E-state index in [0.717, 1.165) is 23.4 Å². The molecule has 122 valence electrons. The molecular formula is C17H17F3NO2+. The number of carbonyl (C=O) groups is 1. The molecule has 1 aromatic heterocycles. The average molecular weight is 324 g/mol. The highest BCUT2D eigenvalue weighted by molar-refractivity contribution is 5.71. The lowest BCUT2D eigenvalue weighted by atomic mass is 10.1. The number of halogens is 3. The fraction of sp³-hybridized carbons (Fsp3) is 0.294. The Bertz CT molecular complexity index is 666. The van der Waals surface area contributed by atoms with Gasteiger partial charge in [-0.1, -0.05) is 18.2 Å². The Hall–Kier alpha value is -2.37. The zero-order valence-corrected chi connectivity index (χ0v) is 12.6. The van der Waals surface area contributed by atoms with Crippen LogP contribution in [0.1, 0.15) is 23.7 Å². The second-order valence-corrected chi connectivity index (χ2v) is 5.00. The van der Waals surface area contributed by atoms with Gasteiger partial charge in [0.15, 0.2) is 18.4 Å². The predicted molar refractivity (Wildman–Crippen MR) is 77.5 cm³/mol. The van der Waals surface area contributed by atoms with E-state index in [1.807, 2.05) is 4.57 Å². The van der Waals surface area contributed by atoms with Crippen molar-refractivity contribution in [3.8, 4) is 0 Å². The maximum atomic E-state index is 12.6. The third-order valence-corrected chi connectivity index (χ3v) is 3.30. The van der Waals surface area contributed by atoms with Crippen LogP contribution in [0, 0.1) is 0 Å². The number of carbonyl (C=O) groups excluding carboxylic acids is 1. The van der Waals surface area contributed by atoms with E-state index in [1.165, 1.54) is 12.1 Å². The number of hydrogen-bond acceptors (Lipinski definition) is 2. The number of hydrogen-bond donors (Lipinski definition) is 0. The number of rotatable bonds is 5. The highest BCUT2D eigenvalue weighted by Gasteiger charge is 2.30. The molecule has 0 spiro atoms. The quantitative estimate of drug-likeness (QED) is 0.625. The second kappa shape index (κ2) is 7.26. The standard InChI is InChI=1S/C17H17F3NO2/c1-2-23-16(22)11-15-5-3-4-10-21(15)12-13-6-8-14(9-7-13)17(18,19)20/h3-10H,2,11-12H2,1H3/q+1. The van der Waals surface area contributed by atoms with Crippen molar-refractivity contribution in [1.82, 2.24) is 0 Å². The fourth-order valence-corrected chi connectivity index (χ4v) is 2.18. The van der Waals surface area contributed by atoms with Crippen LogP contribution in [0.5, 0.6) is 0 Å². The monoisotopic (exact) mass is 324 g/mol. The molecular weight excluding hydrogens is 307 g/mol. The molecule has 2 aromatic rings. The predicted octanol–water partition coefficient (Wildman–Crippen LogP) is 3.15. The van der Waals surface area contributed by atoms with Gasteiger partial charge in [-0.25, -0.2) is 0 Å². The fourth-order valence-electron chi connectivity index (χ4n) is 2.18. The Labute approximate surface area is 132 Å². The lowest BCUT2D eigenvalue weighted by Crippen LogP contribution is -2.39. The molecule has 23 heavy (non-hydrogen) atoms. The van der Waals surface area contributed by atoms with Gasteiger partial charge in [-0.05, 0) is 19.1 Å². The second-order valence-electron chi connectivity index (χ2n) is 5.00. The van der Waals surface area contributed by atoms with E-state index in [2.05, 4.69) is 0 Å². The van der Waals surface area contributed by atoms with Crippen LogP contribution < -0.4 is 4.57 Å². The van der Waals surface area contributed by atoms with Gasteiger partial charge in [0.25, 0.3) is 0 Å². The van der Waals surface area contributed by atoms with Crippen LogP contribution in [0.2, 0.25) is 0 Å². The first-order valence-electron chi connectivity index (χ1n) is 7.19. The molecule has 0 aliphatic heterocycles. The number of benzene rings is 1. The Morgan fingerprint density at radius 2 is 1.83 bits per heavy atom. The molecule has 0 saturated carbocycles. The van der Waals surface area contributed by atoms with Crippen LogP contribution in [0.25, 0.3) is 0 Å². The van der Waals surface area contributed by atoms with Gasteiger partial charge >= 0.3 is 12.1 Å². The summed E-state index contributed by atoms with van der Waals surface area (Å²) in [5.74, 6) is -0.333. The Kier molecular flexibility index (Phi) is 5.36. The van der Waals surface area contributed by atoms with Crippen molar-refractivity contribution in [1.29, 1.82) is 0 Å². The largest absolute Gasteiger partial charge is 0.466 e. The van der Waals surface area contributed by atoms with Crippen molar-refractivity contribution in [2.75, 3.05) is 6.61 Å². The van der Waals surface area contributed by atoms with E-state index in [4.69, 9.17) is 4.74 Å². The molecule has 6 heteroatoms. The zero-order valence-electron chi connectivity index (χ0n) is 12.6. The summed E-state index contributed by atoms with van der Waals surface area (Å²) in [6.45, 7) is 2.43. The van der Waals surface area contributed by atoms with E-state index in [-0.39, 0.29) is 12.4 Å². The molecule has 0 aliphatic rings. The molecule has 0 atom stereocenters. The van der Waals surface area contributed by atoms with Crippen molar-refractivity contribution < 1.29 is 27.3 Å². The molecule has 0 unspecified atom stereocenters. The number of ether oxygens (including phenoxy) is 1. The molecule has 0 bridgehead atoms. The molecule has 0 fully saturated rings. The van der Waals surface area contributed by atoms with Gasteiger partial charge in [-0.3, -0.25) is 4.79 Å². The first-order valence-corrected chi connectivity index (χ1v) is 7.19. The van der Waals surface area contributed by atoms with E-state index >= 15 is 0 Å². The van der Waals surface area contributed by atoms with Crippen LogP contribution in [0.15, 0.2) is 48.7 Å². The molecule has 3 nitrogen and oxygen atoms in total. The van der Waals surface area contributed by atoms with Crippen LogP contribution in [0.4, 0.5) is 13.2 Å². The van der Waals surface area contributed by atoms with Gasteiger partial charge in [0.05, 0.1) is 12.2 Å². The van der Waals surface area contributed by atoms with Crippen LogP contribution in [0.3, 0.4) is 0 Å². The van der Waals surface area contributed by atoms with Crippen molar-refractivity contribution in [3.05, 3.63) is 65.5 Å². The lowest BCUT2D eigenvalue weighted by molar-refractivity contribution is -0.695. The minimum atomic E-state index is -4.34. The Balaban J connectivity index is 2.15. The summed E-state index contributed by atoms with van der Waals surface area (Å²) in [6, 6.07) is 10.4. The van der Waals surface area contributed by atoms with E-state index in [1.54, 1.807) is 31.3 Å². The SMILES string of the molecule is CCOC(=O)Cc1cccc[n+]1Cc1ccc(C(F)(F)F)cc1. The minimum absolute atomic E-state index is 0.120. The number of esters is 1. The number of alkyl halides is 3. The van der Waals surface area contributed by atoms with Crippen molar-refractivity contribution in [2.45, 2.75) is 26.1 Å². The Morgan fingerprint density at radius 1 is 1.13 bits per heavy atom. The van der Waals surface area contributed by atoms with Gasteiger partial charge in [-0.2, -0.15) is 17.7 Å². The lowest BCUT2D eigenvalue weighted by Gasteiger charge is -2.07. The number of aromatic nitrogens is 1.